The van der Waals surface area contributed by atoms with Crippen molar-refractivity contribution in [2.75, 3.05) is 20.1 Å². The summed E-state index contributed by atoms with van der Waals surface area (Å²) < 4.78 is 0. The van der Waals surface area contributed by atoms with Gasteiger partial charge in [-0.25, -0.2) is 0 Å². The second kappa shape index (κ2) is 2.67. The van der Waals surface area contributed by atoms with Crippen LogP contribution < -0.4 is 5.73 Å². The Labute approximate surface area is 57.0 Å². The van der Waals surface area contributed by atoms with Crippen LogP contribution in [0.3, 0.4) is 0 Å². The van der Waals surface area contributed by atoms with Crippen molar-refractivity contribution in [3.8, 4) is 0 Å². The van der Waals surface area contributed by atoms with Crippen molar-refractivity contribution in [1.82, 2.24) is 4.90 Å². The first-order valence-corrected chi connectivity index (χ1v) is 3.68. The van der Waals surface area contributed by atoms with E-state index in [1.54, 1.807) is 0 Å². The molecule has 9 heavy (non-hydrogen) atoms. The van der Waals surface area contributed by atoms with E-state index < -0.39 is 0 Å². The molecule has 0 unspecified atom stereocenters. The SMILES string of the molecule is CC[C@H](N)C1CN(C)C1. The van der Waals surface area contributed by atoms with Crippen LogP contribution in [-0.2, 0) is 0 Å². The zero-order chi connectivity index (χ0) is 6.85. The number of nitrogens with zero attached hydrogens (tertiary/aromatic N) is 1. The van der Waals surface area contributed by atoms with Crippen LogP contribution in [0.2, 0.25) is 0 Å². The van der Waals surface area contributed by atoms with Gasteiger partial charge in [-0.15, -0.1) is 0 Å². The standard InChI is InChI=1S/C7H16N2/c1-3-7(8)6-4-9(2)5-6/h6-7H,3-5,8H2,1-2H3/t7-/m0/s1. The maximum Gasteiger partial charge on any atom is 0.00890 e. The highest BCUT2D eigenvalue weighted by molar-refractivity contribution is 4.84. The normalized spacial score (nSPS) is 25.7. The zero-order valence-electron chi connectivity index (χ0n) is 6.30. The molecule has 0 aliphatic carbocycles. The lowest BCUT2D eigenvalue weighted by Crippen LogP contribution is -2.52. The lowest BCUT2D eigenvalue weighted by Gasteiger charge is -2.39. The molecule has 1 aliphatic heterocycles. The van der Waals surface area contributed by atoms with Crippen molar-refractivity contribution in [2.24, 2.45) is 11.7 Å². The van der Waals surface area contributed by atoms with Crippen molar-refractivity contribution < 1.29 is 0 Å². The Morgan fingerprint density at radius 1 is 1.67 bits per heavy atom. The van der Waals surface area contributed by atoms with Crippen LogP contribution in [0.1, 0.15) is 13.3 Å². The fourth-order valence-corrected chi connectivity index (χ4v) is 1.35. The van der Waals surface area contributed by atoms with Gasteiger partial charge in [-0.05, 0) is 19.4 Å². The van der Waals surface area contributed by atoms with Crippen molar-refractivity contribution >= 4 is 0 Å². The first-order valence-electron chi connectivity index (χ1n) is 3.68. The van der Waals surface area contributed by atoms with Crippen LogP contribution >= 0.6 is 0 Å². The van der Waals surface area contributed by atoms with Gasteiger partial charge in [-0.2, -0.15) is 0 Å². The summed E-state index contributed by atoms with van der Waals surface area (Å²) in [5, 5.41) is 0. The second-order valence-corrected chi connectivity index (χ2v) is 3.05. The van der Waals surface area contributed by atoms with Crippen LogP contribution in [0.4, 0.5) is 0 Å². The predicted octanol–water partition coefficient (Wildman–Crippen LogP) is 0.285. The Balaban J connectivity index is 2.15. The van der Waals surface area contributed by atoms with E-state index in [-0.39, 0.29) is 0 Å². The van der Waals surface area contributed by atoms with Crippen LogP contribution in [0.5, 0.6) is 0 Å². The predicted molar refractivity (Wildman–Crippen MR) is 39.3 cm³/mol. The smallest absolute Gasteiger partial charge is 0.00890 e. The van der Waals surface area contributed by atoms with Crippen molar-refractivity contribution in [3.05, 3.63) is 0 Å². The summed E-state index contributed by atoms with van der Waals surface area (Å²) in [6.07, 6.45) is 1.12. The van der Waals surface area contributed by atoms with Gasteiger partial charge < -0.3 is 10.6 Å². The molecule has 1 fully saturated rings. The topological polar surface area (TPSA) is 29.3 Å². The minimum atomic E-state index is 0.446. The molecule has 0 saturated carbocycles. The lowest BCUT2D eigenvalue weighted by atomic mass is 9.91. The maximum absolute atomic E-state index is 5.81. The minimum absolute atomic E-state index is 0.446. The van der Waals surface area contributed by atoms with Crippen LogP contribution in [0.25, 0.3) is 0 Å². The number of rotatable bonds is 2. The summed E-state index contributed by atoms with van der Waals surface area (Å²) in [4.78, 5) is 2.31. The van der Waals surface area contributed by atoms with Gasteiger partial charge in [0.15, 0.2) is 0 Å². The molecule has 1 heterocycles. The highest BCUT2D eigenvalue weighted by Crippen LogP contribution is 2.16. The van der Waals surface area contributed by atoms with Gasteiger partial charge in [0, 0.05) is 19.1 Å². The van der Waals surface area contributed by atoms with E-state index >= 15 is 0 Å². The molecule has 1 atom stereocenters. The largest absolute Gasteiger partial charge is 0.327 e. The Morgan fingerprint density at radius 2 is 2.22 bits per heavy atom. The van der Waals surface area contributed by atoms with E-state index in [1.807, 2.05) is 0 Å². The van der Waals surface area contributed by atoms with Gasteiger partial charge >= 0.3 is 0 Å². The first-order chi connectivity index (χ1) is 4.24. The van der Waals surface area contributed by atoms with Gasteiger partial charge in [0.1, 0.15) is 0 Å². The monoisotopic (exact) mass is 128 g/mol. The Hall–Kier alpha value is -0.0800. The molecule has 1 aliphatic rings. The molecule has 1 rings (SSSR count). The third-order valence-electron chi connectivity index (χ3n) is 2.17. The summed E-state index contributed by atoms with van der Waals surface area (Å²) in [5.74, 6) is 0.778. The van der Waals surface area contributed by atoms with Gasteiger partial charge in [-0.1, -0.05) is 6.92 Å². The third-order valence-corrected chi connectivity index (χ3v) is 2.17. The second-order valence-electron chi connectivity index (χ2n) is 3.05. The Bertz CT molecular complexity index is 86.9. The number of nitrogens with two attached hydrogens (primary N) is 1. The van der Waals surface area contributed by atoms with Crippen LogP contribution in [-0.4, -0.2) is 31.1 Å². The van der Waals surface area contributed by atoms with E-state index in [1.165, 1.54) is 13.1 Å². The molecule has 2 heteroatoms. The van der Waals surface area contributed by atoms with Crippen molar-refractivity contribution in [2.45, 2.75) is 19.4 Å². The summed E-state index contributed by atoms with van der Waals surface area (Å²) in [6, 6.07) is 0.446. The molecule has 54 valence electrons. The fourth-order valence-electron chi connectivity index (χ4n) is 1.35. The minimum Gasteiger partial charge on any atom is -0.327 e. The highest BCUT2D eigenvalue weighted by Gasteiger charge is 2.27. The van der Waals surface area contributed by atoms with E-state index in [0.29, 0.717) is 6.04 Å². The van der Waals surface area contributed by atoms with Gasteiger partial charge in [0.2, 0.25) is 0 Å². The molecule has 2 N–H and O–H groups in total. The van der Waals surface area contributed by atoms with Gasteiger partial charge in [0.25, 0.3) is 0 Å². The van der Waals surface area contributed by atoms with Crippen molar-refractivity contribution in [1.29, 1.82) is 0 Å². The molecule has 0 radical (unpaired) electrons. The molecular weight excluding hydrogens is 112 g/mol. The number of hydrogen-bond acceptors (Lipinski definition) is 2. The van der Waals surface area contributed by atoms with E-state index in [9.17, 15) is 0 Å². The molecule has 0 aromatic carbocycles. The Kier molecular flexibility index (Phi) is 2.09. The highest BCUT2D eigenvalue weighted by atomic mass is 15.2. The average molecular weight is 128 g/mol. The molecule has 0 spiro atoms. The van der Waals surface area contributed by atoms with E-state index in [4.69, 9.17) is 5.73 Å². The molecule has 1 saturated heterocycles. The number of hydrogen-bond donors (Lipinski definition) is 1. The molecule has 2 nitrogen and oxygen atoms in total. The zero-order valence-corrected chi connectivity index (χ0v) is 6.30. The third kappa shape index (κ3) is 1.43. The molecule has 0 aromatic heterocycles. The van der Waals surface area contributed by atoms with Gasteiger partial charge in [0.05, 0.1) is 0 Å². The fraction of sp³-hybridized carbons (Fsp3) is 1.00. The van der Waals surface area contributed by atoms with Gasteiger partial charge in [-0.3, -0.25) is 0 Å². The average Bonchev–Trinajstić information content (AvgIpc) is 1.79. The summed E-state index contributed by atoms with van der Waals surface area (Å²) >= 11 is 0. The first kappa shape index (κ1) is 7.03. The van der Waals surface area contributed by atoms with E-state index in [2.05, 4.69) is 18.9 Å². The van der Waals surface area contributed by atoms with E-state index in [0.717, 1.165) is 12.3 Å². The maximum atomic E-state index is 5.81. The molecule has 0 amide bonds. The summed E-state index contributed by atoms with van der Waals surface area (Å²) in [6.45, 7) is 4.56. The number of likely N-dealkylation sites (tertiary alicyclic amines) is 1. The molecule has 0 aromatic rings. The van der Waals surface area contributed by atoms with Crippen LogP contribution in [0, 0.1) is 5.92 Å². The molecule has 0 bridgehead atoms. The molecular formula is C7H16N2. The van der Waals surface area contributed by atoms with Crippen molar-refractivity contribution in [3.63, 3.8) is 0 Å². The summed E-state index contributed by atoms with van der Waals surface area (Å²) in [5.41, 5.74) is 5.81. The lowest BCUT2D eigenvalue weighted by molar-refractivity contribution is 0.110. The van der Waals surface area contributed by atoms with Crippen LogP contribution in [0.15, 0.2) is 0 Å². The summed E-state index contributed by atoms with van der Waals surface area (Å²) in [7, 11) is 2.14. The quantitative estimate of drug-likeness (QED) is 0.579. The Morgan fingerprint density at radius 3 is 2.56 bits per heavy atom.